The normalized spacial score (nSPS) is 21.2. The van der Waals surface area contributed by atoms with Crippen LogP contribution in [0.25, 0.3) is 50.4 Å². The summed E-state index contributed by atoms with van der Waals surface area (Å²) in [5.41, 5.74) is 15.6. The number of nitrogens with one attached hydrogen (secondary N) is 2. The Morgan fingerprint density at radius 2 is 1.52 bits per heavy atom. The number of aromatic nitrogens is 4. The number of rotatable bonds is 13. The summed E-state index contributed by atoms with van der Waals surface area (Å²) >= 11 is 1.36. The van der Waals surface area contributed by atoms with Crippen molar-refractivity contribution in [2.24, 2.45) is 0 Å². The number of unbranched alkanes of at least 4 members (excludes halogenated alkanes) is 2. The van der Waals surface area contributed by atoms with Crippen molar-refractivity contribution in [2.75, 3.05) is 26.0 Å². The number of aryl methyl sites for hydroxylation is 3. The van der Waals surface area contributed by atoms with E-state index in [1.165, 1.54) is 22.9 Å². The van der Waals surface area contributed by atoms with Crippen LogP contribution in [0.1, 0.15) is 104 Å². The van der Waals surface area contributed by atoms with Gasteiger partial charge in [-0.25, -0.2) is 9.97 Å². The number of thioether (sulfide) groups is 1. The van der Waals surface area contributed by atoms with Crippen LogP contribution in [-0.2, 0) is 9.53 Å². The van der Waals surface area contributed by atoms with Gasteiger partial charge in [-0.1, -0.05) is 26.0 Å². The number of aliphatic hydroxyl groups excluding tert-OH is 4. The van der Waals surface area contributed by atoms with Crippen LogP contribution in [0.5, 0.6) is 0 Å². The summed E-state index contributed by atoms with van der Waals surface area (Å²) < 4.78 is 5.59. The average molecular weight is 784 g/mol. The van der Waals surface area contributed by atoms with E-state index in [-0.39, 0.29) is 5.91 Å². The van der Waals surface area contributed by atoms with Crippen molar-refractivity contribution >= 4 is 68.1 Å². The van der Waals surface area contributed by atoms with Crippen LogP contribution in [0.2, 0.25) is 0 Å². The van der Waals surface area contributed by atoms with Crippen molar-refractivity contribution in [1.29, 1.82) is 0 Å². The number of fused-ring (bicyclic) bond motifs is 8. The number of carbonyl (C=O) groups excluding carboxylic acids is 1. The number of ether oxygens (including phenoxy) is 1. The van der Waals surface area contributed by atoms with Crippen LogP contribution >= 0.6 is 11.8 Å². The van der Waals surface area contributed by atoms with Gasteiger partial charge in [-0.3, -0.25) is 4.79 Å². The molecule has 6 rings (SSSR count). The molecule has 300 valence electrons. The molecule has 1 amide bonds. The summed E-state index contributed by atoms with van der Waals surface area (Å²) in [7, 11) is 1.85. The molecule has 3 aromatic heterocycles. The Bertz CT molecular complexity index is 2220. The van der Waals surface area contributed by atoms with E-state index in [0.717, 1.165) is 104 Å². The fourth-order valence-corrected chi connectivity index (χ4v) is 9.10. The van der Waals surface area contributed by atoms with Gasteiger partial charge in [0.15, 0.2) is 0 Å². The summed E-state index contributed by atoms with van der Waals surface area (Å²) in [5, 5.41) is 39.8. The fourth-order valence-electron chi connectivity index (χ4n) is 7.91. The van der Waals surface area contributed by atoms with Crippen LogP contribution in [-0.4, -0.2) is 107 Å². The number of nitrogens with zero attached hydrogens (tertiary/aromatic N) is 3. The third-order valence-electron chi connectivity index (χ3n) is 11.6. The van der Waals surface area contributed by atoms with E-state index >= 15 is 0 Å². The first-order valence-electron chi connectivity index (χ1n) is 19.7. The SMILES string of the molecule is C=Cc1c(C)c2cc3nc(c(C)c4cc(C)c(cc5nc(cc1[nH]2)C(C)=C5CC)[nH]4)C(CCC(=O)N(C)CCCCCS[C@@H]1O[C@H](CO)[C@@H](O)[C@H](O)[C@H]1O)=C3C. The number of hydrogen-bond acceptors (Lipinski definition) is 9. The molecule has 56 heavy (non-hydrogen) atoms. The number of allylic oxidation sites excluding steroid dienone is 4. The molecule has 0 radical (unpaired) electrons. The standard InChI is InChI=1S/C44H57N5O6S/c1-9-28-25(5)34-21-37-29(10-2)24(4)33(46-37)20-35-26(6)30(40(48-35)27(7)32-18-23(3)31(45-32)19-36(28)47-34)14-15-39(51)49(8)16-12-11-13-17-56-44-43(54)42(53)41(52)38(22-50)55-44/h10,18-21,38,41-46,50,52-54H,2,9,11-17,22H2,1,3-8H3/t38-,41-,42+,43-,44+/m1/s1. The van der Waals surface area contributed by atoms with Gasteiger partial charge in [0.1, 0.15) is 29.9 Å². The first kappa shape index (κ1) is 41.6. The Labute approximate surface area is 333 Å². The number of aliphatic hydroxyl groups is 4. The molecular weight excluding hydrogens is 727 g/mol. The summed E-state index contributed by atoms with van der Waals surface area (Å²) in [5.74, 6) is 0.740. The molecule has 0 aliphatic carbocycles. The Kier molecular flexibility index (Phi) is 13.1. The molecule has 8 bridgehead atoms. The number of hydrogen-bond donors (Lipinski definition) is 6. The van der Waals surface area contributed by atoms with Gasteiger partial charge in [-0.15, -0.1) is 11.8 Å². The van der Waals surface area contributed by atoms with Crippen LogP contribution in [0, 0.1) is 20.8 Å². The summed E-state index contributed by atoms with van der Waals surface area (Å²) in [4.78, 5) is 33.0. The topological polar surface area (TPSA) is 168 Å². The van der Waals surface area contributed by atoms with Crippen molar-refractivity contribution in [3.8, 4) is 0 Å². The lowest BCUT2D eigenvalue weighted by Gasteiger charge is -2.39. The predicted octanol–water partition coefficient (Wildman–Crippen LogP) is 7.10. The fraction of sp³-hybridized carbons (Fsp3) is 0.477. The van der Waals surface area contributed by atoms with E-state index in [2.05, 4.69) is 82.4 Å². The molecule has 3 aliphatic rings. The lowest BCUT2D eigenvalue weighted by molar-refractivity contribution is -0.205. The molecule has 3 aliphatic heterocycles. The van der Waals surface area contributed by atoms with E-state index in [1.807, 2.05) is 13.1 Å². The monoisotopic (exact) mass is 783 g/mol. The Balaban J connectivity index is 1.21. The number of H-pyrrole nitrogens is 2. The number of carbonyl (C=O) groups is 1. The molecule has 0 saturated carbocycles. The van der Waals surface area contributed by atoms with E-state index in [4.69, 9.17) is 14.7 Å². The van der Waals surface area contributed by atoms with Gasteiger partial charge in [0.25, 0.3) is 0 Å². The maximum atomic E-state index is 13.5. The smallest absolute Gasteiger partial charge is 0.222 e. The van der Waals surface area contributed by atoms with Gasteiger partial charge < -0.3 is 40.0 Å². The van der Waals surface area contributed by atoms with Gasteiger partial charge in [0.2, 0.25) is 5.91 Å². The van der Waals surface area contributed by atoms with Crippen molar-refractivity contribution in [1.82, 2.24) is 24.8 Å². The van der Waals surface area contributed by atoms with Gasteiger partial charge >= 0.3 is 0 Å². The highest BCUT2D eigenvalue weighted by Gasteiger charge is 2.43. The van der Waals surface area contributed by atoms with E-state index < -0.39 is 36.5 Å². The maximum absolute atomic E-state index is 13.5. The van der Waals surface area contributed by atoms with Gasteiger partial charge in [-0.2, -0.15) is 0 Å². The minimum Gasteiger partial charge on any atom is -0.394 e. The van der Waals surface area contributed by atoms with Gasteiger partial charge in [-0.05, 0) is 129 Å². The summed E-state index contributed by atoms with van der Waals surface area (Å²) in [6, 6.07) is 8.55. The summed E-state index contributed by atoms with van der Waals surface area (Å²) in [6.07, 6.45) is 1.32. The van der Waals surface area contributed by atoms with Crippen molar-refractivity contribution < 1.29 is 30.0 Å². The zero-order valence-corrected chi connectivity index (χ0v) is 34.5. The third kappa shape index (κ3) is 8.32. The molecule has 1 saturated heterocycles. The highest BCUT2D eigenvalue weighted by Crippen LogP contribution is 2.38. The molecular formula is C44H57N5O6S. The predicted molar refractivity (Wildman–Crippen MR) is 228 cm³/mol. The molecule has 3 aromatic rings. The van der Waals surface area contributed by atoms with Gasteiger partial charge in [0.05, 0.1) is 29.4 Å². The first-order valence-corrected chi connectivity index (χ1v) is 20.7. The van der Waals surface area contributed by atoms with Crippen LogP contribution in [0.4, 0.5) is 0 Å². The highest BCUT2D eigenvalue weighted by molar-refractivity contribution is 7.99. The molecule has 6 heterocycles. The maximum Gasteiger partial charge on any atom is 0.222 e. The second-order valence-corrected chi connectivity index (χ2v) is 16.5. The second-order valence-electron chi connectivity index (χ2n) is 15.3. The molecule has 1 fully saturated rings. The van der Waals surface area contributed by atoms with Crippen molar-refractivity contribution in [3.05, 3.63) is 75.9 Å². The minimum atomic E-state index is -1.37. The van der Waals surface area contributed by atoms with Crippen LogP contribution in [0.15, 0.2) is 30.8 Å². The minimum absolute atomic E-state index is 0.0702. The molecule has 12 heteroatoms. The Morgan fingerprint density at radius 1 is 0.857 bits per heavy atom. The van der Waals surface area contributed by atoms with E-state index in [0.29, 0.717) is 25.1 Å². The lowest BCUT2D eigenvalue weighted by atomic mass is 9.98. The molecule has 5 atom stereocenters. The molecule has 11 nitrogen and oxygen atoms in total. The molecule has 0 aromatic carbocycles. The zero-order chi connectivity index (χ0) is 40.4. The number of amides is 1. The van der Waals surface area contributed by atoms with E-state index in [1.54, 1.807) is 4.90 Å². The largest absolute Gasteiger partial charge is 0.394 e. The Hall–Kier alpha value is -4.04. The molecule has 0 unspecified atom stereocenters. The highest BCUT2D eigenvalue weighted by atomic mass is 32.2. The Morgan fingerprint density at radius 3 is 2.23 bits per heavy atom. The quantitative estimate of drug-likeness (QED) is 0.0992. The number of aromatic amines is 2. The van der Waals surface area contributed by atoms with Crippen LogP contribution in [0.3, 0.4) is 0 Å². The first-order chi connectivity index (χ1) is 26.8. The summed E-state index contributed by atoms with van der Waals surface area (Å²) in [6.45, 7) is 17.0. The zero-order valence-electron chi connectivity index (χ0n) is 33.7. The molecule has 0 spiro atoms. The second kappa shape index (κ2) is 17.6. The van der Waals surface area contributed by atoms with Gasteiger partial charge in [0, 0.05) is 47.6 Å². The van der Waals surface area contributed by atoms with Crippen molar-refractivity contribution in [2.45, 2.75) is 110 Å². The molecule has 6 N–H and O–H groups in total. The average Bonchev–Trinajstić information content (AvgIpc) is 3.89. The third-order valence-corrected chi connectivity index (χ3v) is 12.9. The van der Waals surface area contributed by atoms with Crippen LogP contribution < -0.4 is 0 Å². The van der Waals surface area contributed by atoms with E-state index in [9.17, 15) is 25.2 Å². The van der Waals surface area contributed by atoms with Crippen molar-refractivity contribution in [3.63, 3.8) is 0 Å². The lowest BCUT2D eigenvalue weighted by Crippen LogP contribution is -2.57.